The molecule has 0 spiro atoms. The van der Waals surface area contributed by atoms with Crippen LogP contribution in [0.5, 0.6) is 0 Å². The third-order valence-electron chi connectivity index (χ3n) is 3.06. The topological polar surface area (TPSA) is 12.0 Å². The van der Waals surface area contributed by atoms with Gasteiger partial charge in [-0.15, -0.1) is 0 Å². The summed E-state index contributed by atoms with van der Waals surface area (Å²) in [7, 11) is 0. The van der Waals surface area contributed by atoms with Crippen molar-refractivity contribution in [2.75, 3.05) is 6.54 Å². The van der Waals surface area contributed by atoms with E-state index >= 15 is 0 Å². The Labute approximate surface area is 116 Å². The van der Waals surface area contributed by atoms with Gasteiger partial charge in [-0.25, -0.2) is 13.2 Å². The standard InChI is InChI=1S/C16H16F3N/c1-2-8-20-16(11-6-4-3-5-7-11)15-13(18)9-12(17)10-14(15)19/h3-7,9-10,16,20H,2,8H2,1H3. The fourth-order valence-corrected chi connectivity index (χ4v) is 2.15. The Bertz CT molecular complexity index is 546. The summed E-state index contributed by atoms with van der Waals surface area (Å²) in [5, 5.41) is 3.10. The summed E-state index contributed by atoms with van der Waals surface area (Å²) < 4.78 is 40.9. The molecule has 2 aromatic rings. The van der Waals surface area contributed by atoms with Gasteiger partial charge in [-0.05, 0) is 18.5 Å². The zero-order chi connectivity index (χ0) is 14.5. The molecule has 0 aliphatic heterocycles. The number of benzene rings is 2. The summed E-state index contributed by atoms with van der Waals surface area (Å²) >= 11 is 0. The lowest BCUT2D eigenvalue weighted by Gasteiger charge is -2.20. The number of nitrogens with one attached hydrogen (secondary N) is 1. The van der Waals surface area contributed by atoms with Crippen LogP contribution in [0.2, 0.25) is 0 Å². The Hall–Kier alpha value is -1.81. The van der Waals surface area contributed by atoms with Crippen molar-refractivity contribution in [3.05, 3.63) is 71.0 Å². The van der Waals surface area contributed by atoms with Gasteiger partial charge in [-0.3, -0.25) is 0 Å². The van der Waals surface area contributed by atoms with Gasteiger partial charge in [0.05, 0.1) is 6.04 Å². The molecule has 0 saturated carbocycles. The van der Waals surface area contributed by atoms with Crippen molar-refractivity contribution in [2.45, 2.75) is 19.4 Å². The molecule has 20 heavy (non-hydrogen) atoms. The number of halogens is 3. The monoisotopic (exact) mass is 279 g/mol. The summed E-state index contributed by atoms with van der Waals surface area (Å²) in [5.74, 6) is -2.66. The van der Waals surface area contributed by atoms with Gasteiger partial charge in [-0.2, -0.15) is 0 Å². The maximum atomic E-state index is 14.0. The maximum absolute atomic E-state index is 14.0. The first-order valence-electron chi connectivity index (χ1n) is 6.56. The van der Waals surface area contributed by atoms with E-state index in [0.29, 0.717) is 18.7 Å². The minimum absolute atomic E-state index is 0.147. The fourth-order valence-electron chi connectivity index (χ4n) is 2.15. The fraction of sp³-hybridized carbons (Fsp3) is 0.250. The van der Waals surface area contributed by atoms with Crippen molar-refractivity contribution in [3.63, 3.8) is 0 Å². The lowest BCUT2D eigenvalue weighted by molar-refractivity contribution is 0.487. The molecule has 0 aliphatic carbocycles. The average Bonchev–Trinajstić information content (AvgIpc) is 2.42. The molecule has 1 atom stereocenters. The molecule has 2 aromatic carbocycles. The Morgan fingerprint density at radius 1 is 1.00 bits per heavy atom. The van der Waals surface area contributed by atoms with Gasteiger partial charge in [0, 0.05) is 17.7 Å². The first kappa shape index (κ1) is 14.6. The van der Waals surface area contributed by atoms with Crippen molar-refractivity contribution < 1.29 is 13.2 Å². The molecule has 0 saturated heterocycles. The van der Waals surface area contributed by atoms with Crippen LogP contribution in [0.1, 0.15) is 30.5 Å². The van der Waals surface area contributed by atoms with E-state index in [9.17, 15) is 13.2 Å². The van der Waals surface area contributed by atoms with Crippen molar-refractivity contribution >= 4 is 0 Å². The highest BCUT2D eigenvalue weighted by Gasteiger charge is 2.22. The molecule has 1 N–H and O–H groups in total. The Balaban J connectivity index is 2.47. The first-order chi connectivity index (χ1) is 9.63. The van der Waals surface area contributed by atoms with Gasteiger partial charge in [-0.1, -0.05) is 37.3 Å². The third-order valence-corrected chi connectivity index (χ3v) is 3.06. The SMILES string of the molecule is CCCNC(c1ccccc1)c1c(F)cc(F)cc1F. The summed E-state index contributed by atoms with van der Waals surface area (Å²) in [5.41, 5.74) is 0.594. The van der Waals surface area contributed by atoms with Crippen molar-refractivity contribution in [1.82, 2.24) is 5.32 Å². The second kappa shape index (κ2) is 6.57. The maximum Gasteiger partial charge on any atom is 0.134 e. The van der Waals surface area contributed by atoms with Crippen molar-refractivity contribution in [2.24, 2.45) is 0 Å². The van der Waals surface area contributed by atoms with E-state index in [1.54, 1.807) is 24.3 Å². The Morgan fingerprint density at radius 2 is 1.60 bits per heavy atom. The molecule has 0 aliphatic rings. The summed E-state index contributed by atoms with van der Waals surface area (Å²) in [6.07, 6.45) is 0.827. The van der Waals surface area contributed by atoms with Crippen LogP contribution in [0.4, 0.5) is 13.2 Å². The van der Waals surface area contributed by atoms with Crippen LogP contribution in [0.3, 0.4) is 0 Å². The lowest BCUT2D eigenvalue weighted by atomic mass is 9.97. The molecule has 0 aromatic heterocycles. The van der Waals surface area contributed by atoms with Gasteiger partial charge < -0.3 is 5.32 Å². The highest BCUT2D eigenvalue weighted by Crippen LogP contribution is 2.27. The number of hydrogen-bond acceptors (Lipinski definition) is 1. The summed E-state index contributed by atoms with van der Waals surface area (Å²) in [6, 6.07) is 9.80. The largest absolute Gasteiger partial charge is 0.306 e. The van der Waals surface area contributed by atoms with Gasteiger partial charge in [0.2, 0.25) is 0 Å². The predicted molar refractivity (Wildman–Crippen MR) is 72.9 cm³/mol. The van der Waals surface area contributed by atoms with E-state index in [4.69, 9.17) is 0 Å². The number of rotatable bonds is 5. The molecule has 0 heterocycles. The Kier molecular flexibility index (Phi) is 4.79. The van der Waals surface area contributed by atoms with Crippen LogP contribution >= 0.6 is 0 Å². The van der Waals surface area contributed by atoms with Gasteiger partial charge >= 0.3 is 0 Å². The average molecular weight is 279 g/mol. The van der Waals surface area contributed by atoms with E-state index in [1.165, 1.54) is 0 Å². The summed E-state index contributed by atoms with van der Waals surface area (Å²) in [6.45, 7) is 2.57. The molecule has 0 amide bonds. The zero-order valence-corrected chi connectivity index (χ0v) is 11.2. The zero-order valence-electron chi connectivity index (χ0n) is 11.2. The quantitative estimate of drug-likeness (QED) is 0.865. The van der Waals surface area contributed by atoms with Crippen molar-refractivity contribution in [3.8, 4) is 0 Å². The second-order valence-electron chi connectivity index (χ2n) is 4.58. The first-order valence-corrected chi connectivity index (χ1v) is 6.56. The third kappa shape index (κ3) is 3.20. The van der Waals surface area contributed by atoms with Crippen LogP contribution in [-0.4, -0.2) is 6.54 Å². The molecule has 0 radical (unpaired) electrons. The Morgan fingerprint density at radius 3 is 2.15 bits per heavy atom. The molecular weight excluding hydrogens is 263 g/mol. The van der Waals surface area contributed by atoms with Gasteiger partial charge in [0.1, 0.15) is 17.5 Å². The minimum atomic E-state index is -0.911. The van der Waals surface area contributed by atoms with Crippen LogP contribution < -0.4 is 5.32 Å². The molecule has 0 bridgehead atoms. The molecule has 1 nitrogen and oxygen atoms in total. The van der Waals surface area contributed by atoms with Crippen LogP contribution in [0.15, 0.2) is 42.5 Å². The molecule has 2 rings (SSSR count). The second-order valence-corrected chi connectivity index (χ2v) is 4.58. The van der Waals surface area contributed by atoms with Gasteiger partial charge in [0.15, 0.2) is 0 Å². The molecule has 1 unspecified atom stereocenters. The van der Waals surface area contributed by atoms with Crippen LogP contribution in [0.25, 0.3) is 0 Å². The van der Waals surface area contributed by atoms with Crippen LogP contribution in [0, 0.1) is 17.5 Å². The normalized spacial score (nSPS) is 12.4. The molecule has 106 valence electrons. The van der Waals surface area contributed by atoms with E-state index in [2.05, 4.69) is 5.32 Å². The number of hydrogen-bond donors (Lipinski definition) is 1. The van der Waals surface area contributed by atoms with E-state index in [0.717, 1.165) is 12.0 Å². The minimum Gasteiger partial charge on any atom is -0.306 e. The smallest absolute Gasteiger partial charge is 0.134 e. The predicted octanol–water partition coefficient (Wildman–Crippen LogP) is 4.19. The molecule has 0 fully saturated rings. The van der Waals surface area contributed by atoms with Crippen LogP contribution in [-0.2, 0) is 0 Å². The van der Waals surface area contributed by atoms with E-state index < -0.39 is 23.5 Å². The van der Waals surface area contributed by atoms with Gasteiger partial charge in [0.25, 0.3) is 0 Å². The van der Waals surface area contributed by atoms with E-state index in [1.807, 2.05) is 13.0 Å². The van der Waals surface area contributed by atoms with Crippen molar-refractivity contribution in [1.29, 1.82) is 0 Å². The highest BCUT2D eigenvalue weighted by molar-refractivity contribution is 5.34. The summed E-state index contributed by atoms with van der Waals surface area (Å²) in [4.78, 5) is 0. The lowest BCUT2D eigenvalue weighted by Crippen LogP contribution is -2.25. The van der Waals surface area contributed by atoms with E-state index in [-0.39, 0.29) is 5.56 Å². The molecule has 4 heteroatoms. The molecular formula is C16H16F3N. The highest BCUT2D eigenvalue weighted by atomic mass is 19.1.